The summed E-state index contributed by atoms with van der Waals surface area (Å²) in [6, 6.07) is 3.61. The number of aromatic nitrogens is 4. The van der Waals surface area contributed by atoms with Crippen LogP contribution in [-0.4, -0.2) is 39.0 Å². The molecule has 0 radical (unpaired) electrons. The Morgan fingerprint density at radius 1 is 1.56 bits per heavy atom. The maximum absolute atomic E-state index is 10.3. The summed E-state index contributed by atoms with van der Waals surface area (Å²) in [7, 11) is 3.59. The molecule has 0 aliphatic heterocycles. The summed E-state index contributed by atoms with van der Waals surface area (Å²) in [4.78, 5) is 16.1. The highest BCUT2D eigenvalue weighted by atomic mass is 16.2. The molecule has 0 N–H and O–H groups in total. The van der Waals surface area contributed by atoms with Crippen LogP contribution in [0, 0.1) is 4.91 Å². The molecule has 0 bridgehead atoms. The number of nitrogens with zero attached hydrogens (tertiary/aromatic N) is 6. The quantitative estimate of drug-likeness (QED) is 0.715. The minimum absolute atomic E-state index is 0.529. The molecule has 0 aliphatic rings. The second kappa shape index (κ2) is 4.05. The molecule has 0 amide bonds. The van der Waals surface area contributed by atoms with E-state index in [1.54, 1.807) is 31.3 Å². The minimum atomic E-state index is 0.529. The lowest BCUT2D eigenvalue weighted by Crippen LogP contribution is -2.16. The third kappa shape index (κ3) is 1.62. The molecular weight excluding hydrogens is 208 g/mol. The van der Waals surface area contributed by atoms with E-state index in [0.717, 1.165) is 5.52 Å². The van der Waals surface area contributed by atoms with Gasteiger partial charge in [0.2, 0.25) is 5.65 Å². The molecule has 0 saturated heterocycles. The van der Waals surface area contributed by atoms with Crippen LogP contribution in [0.1, 0.15) is 0 Å². The van der Waals surface area contributed by atoms with Gasteiger partial charge in [-0.3, -0.25) is 0 Å². The van der Waals surface area contributed by atoms with Crippen molar-refractivity contribution in [3.63, 3.8) is 0 Å². The van der Waals surface area contributed by atoms with E-state index in [0.29, 0.717) is 11.5 Å². The lowest BCUT2D eigenvalue weighted by Gasteiger charge is -2.15. The van der Waals surface area contributed by atoms with E-state index in [9.17, 15) is 4.91 Å². The van der Waals surface area contributed by atoms with Crippen molar-refractivity contribution in [3.05, 3.63) is 29.4 Å². The average molecular weight is 218 g/mol. The van der Waals surface area contributed by atoms with Crippen molar-refractivity contribution in [2.24, 2.45) is 5.18 Å². The fourth-order valence-electron chi connectivity index (χ4n) is 1.34. The van der Waals surface area contributed by atoms with Crippen LogP contribution in [0.5, 0.6) is 0 Å². The first kappa shape index (κ1) is 10.2. The van der Waals surface area contributed by atoms with Gasteiger partial charge in [-0.15, -0.1) is 10.0 Å². The Morgan fingerprint density at radius 3 is 3.06 bits per heavy atom. The van der Waals surface area contributed by atoms with E-state index in [-0.39, 0.29) is 0 Å². The molecule has 2 rings (SSSR count). The summed E-state index contributed by atoms with van der Waals surface area (Å²) in [5.74, 6) is 0.533. The van der Waals surface area contributed by atoms with Gasteiger partial charge in [-0.05, 0) is 17.3 Å². The number of pyridine rings is 1. The smallest absolute Gasteiger partial charge is 0.202 e. The predicted octanol–water partition coefficient (Wildman–Crippen LogP) is 0.910. The summed E-state index contributed by atoms with van der Waals surface area (Å²) >= 11 is 0. The van der Waals surface area contributed by atoms with Gasteiger partial charge >= 0.3 is 0 Å². The Morgan fingerprint density at radius 2 is 2.38 bits per heavy atom. The normalized spacial score (nSPS) is 11.8. The van der Waals surface area contributed by atoms with E-state index in [4.69, 9.17) is 0 Å². The first-order chi connectivity index (χ1) is 7.74. The highest BCUT2D eigenvalue weighted by Crippen LogP contribution is 2.14. The van der Waals surface area contributed by atoms with Crippen LogP contribution in [0.25, 0.3) is 17.0 Å². The van der Waals surface area contributed by atoms with Crippen LogP contribution in [0.3, 0.4) is 0 Å². The van der Waals surface area contributed by atoms with Crippen LogP contribution in [0.4, 0.5) is 0 Å². The lowest BCUT2D eigenvalue weighted by molar-refractivity contribution is 0.538. The Kier molecular flexibility index (Phi) is 2.59. The van der Waals surface area contributed by atoms with Gasteiger partial charge in [0.1, 0.15) is 11.7 Å². The number of fused-ring (bicyclic) bond motifs is 1. The molecule has 0 aliphatic carbocycles. The molecule has 2 aromatic heterocycles. The van der Waals surface area contributed by atoms with Gasteiger partial charge in [0.05, 0.1) is 0 Å². The molecule has 0 saturated carbocycles. The number of rotatable bonds is 3. The van der Waals surface area contributed by atoms with Gasteiger partial charge in [0, 0.05) is 20.3 Å². The molecule has 7 heteroatoms. The van der Waals surface area contributed by atoms with Crippen LogP contribution < -0.4 is 0 Å². The molecular formula is C9H10N6O. The molecule has 2 heterocycles. The molecule has 0 spiro atoms. The molecule has 2 aromatic rings. The second-order valence-corrected chi connectivity index (χ2v) is 3.33. The van der Waals surface area contributed by atoms with Crippen molar-refractivity contribution in [1.82, 2.24) is 24.9 Å². The predicted molar refractivity (Wildman–Crippen MR) is 59.1 cm³/mol. The van der Waals surface area contributed by atoms with E-state index >= 15 is 0 Å². The van der Waals surface area contributed by atoms with Gasteiger partial charge in [-0.1, -0.05) is 5.21 Å². The zero-order chi connectivity index (χ0) is 11.5. The zero-order valence-electron chi connectivity index (χ0n) is 8.90. The van der Waals surface area contributed by atoms with Gasteiger partial charge in [-0.25, -0.2) is 4.98 Å². The molecule has 16 heavy (non-hydrogen) atoms. The summed E-state index contributed by atoms with van der Waals surface area (Å²) in [5.41, 5.74) is 1.26. The number of hydrogen-bond acceptors (Lipinski definition) is 6. The van der Waals surface area contributed by atoms with E-state index in [1.807, 2.05) is 6.07 Å². The second-order valence-electron chi connectivity index (χ2n) is 3.33. The Hall–Kier alpha value is -2.31. The Labute approximate surface area is 91.4 Å². The summed E-state index contributed by atoms with van der Waals surface area (Å²) in [6.07, 6.45) is 2.82. The maximum Gasteiger partial charge on any atom is 0.202 e. The number of hydrogen-bond donors (Lipinski definition) is 0. The minimum Gasteiger partial charge on any atom is -0.361 e. The van der Waals surface area contributed by atoms with Gasteiger partial charge in [-0.2, -0.15) is 4.68 Å². The van der Waals surface area contributed by atoms with Crippen LogP contribution in [-0.2, 0) is 0 Å². The average Bonchev–Trinajstić information content (AvgIpc) is 2.69. The zero-order valence-corrected chi connectivity index (χ0v) is 8.90. The van der Waals surface area contributed by atoms with Crippen LogP contribution in [0.2, 0.25) is 0 Å². The molecule has 0 atom stereocenters. The monoisotopic (exact) mass is 218 g/mol. The fraction of sp³-hybridized carbons (Fsp3) is 0.222. The first-order valence-electron chi connectivity index (χ1n) is 4.61. The molecule has 0 unspecified atom stereocenters. The van der Waals surface area contributed by atoms with Crippen molar-refractivity contribution >= 4 is 17.0 Å². The highest BCUT2D eigenvalue weighted by Gasteiger charge is 2.10. The van der Waals surface area contributed by atoms with Gasteiger partial charge in [0.25, 0.3) is 0 Å². The summed E-state index contributed by atoms with van der Waals surface area (Å²) in [5, 5.41) is 10.6. The molecule has 82 valence electrons. The van der Waals surface area contributed by atoms with Crippen LogP contribution >= 0.6 is 0 Å². The largest absolute Gasteiger partial charge is 0.361 e. The van der Waals surface area contributed by atoms with E-state index in [1.165, 1.54) is 10.9 Å². The fourth-order valence-corrected chi connectivity index (χ4v) is 1.34. The van der Waals surface area contributed by atoms with Crippen molar-refractivity contribution in [2.75, 3.05) is 14.1 Å². The molecule has 0 aromatic carbocycles. The first-order valence-corrected chi connectivity index (χ1v) is 4.61. The van der Waals surface area contributed by atoms with Crippen molar-refractivity contribution < 1.29 is 0 Å². The summed E-state index contributed by atoms with van der Waals surface area (Å²) < 4.78 is 1.52. The van der Waals surface area contributed by atoms with E-state index in [2.05, 4.69) is 20.5 Å². The Bertz CT molecular complexity index is 544. The summed E-state index contributed by atoms with van der Waals surface area (Å²) in [6.45, 7) is 0. The SMILES string of the molecule is CN(C)C(=CN=O)n1nnc2ncccc21. The number of nitroso groups, excluding NO2 is 1. The topological polar surface area (TPSA) is 76.3 Å². The maximum atomic E-state index is 10.3. The van der Waals surface area contributed by atoms with Gasteiger partial charge in [0.15, 0.2) is 5.82 Å². The third-order valence-electron chi connectivity index (χ3n) is 2.07. The van der Waals surface area contributed by atoms with Gasteiger partial charge < -0.3 is 4.90 Å². The standard InChI is InChI=1S/C9H10N6O/c1-14(2)8(6-11-16)15-7-4-3-5-10-9(7)12-13-15/h3-6H,1-2H3. The van der Waals surface area contributed by atoms with Crippen molar-refractivity contribution in [2.45, 2.75) is 0 Å². The van der Waals surface area contributed by atoms with Crippen molar-refractivity contribution in [1.29, 1.82) is 0 Å². The molecule has 0 fully saturated rings. The van der Waals surface area contributed by atoms with Crippen LogP contribution in [0.15, 0.2) is 29.7 Å². The molecule has 7 nitrogen and oxygen atoms in total. The Balaban J connectivity index is 2.62. The lowest BCUT2D eigenvalue weighted by atomic mass is 10.4. The van der Waals surface area contributed by atoms with Crippen molar-refractivity contribution in [3.8, 4) is 0 Å². The third-order valence-corrected chi connectivity index (χ3v) is 2.07. The highest BCUT2D eigenvalue weighted by molar-refractivity contribution is 5.73. The van der Waals surface area contributed by atoms with E-state index < -0.39 is 0 Å².